The predicted octanol–water partition coefficient (Wildman–Crippen LogP) is 4.73. The van der Waals surface area contributed by atoms with Crippen LogP contribution in [-0.4, -0.2) is 10.2 Å². The molecule has 0 bridgehead atoms. The first kappa shape index (κ1) is 11.6. The maximum atomic E-state index is 9.97. The second kappa shape index (κ2) is 4.39. The molecule has 0 aromatic heterocycles. The maximum absolute atomic E-state index is 9.97. The Bertz CT molecular complexity index is 840. The molecule has 4 rings (SSSR count). The van der Waals surface area contributed by atoms with Crippen LogP contribution >= 0.6 is 11.8 Å². The van der Waals surface area contributed by atoms with Gasteiger partial charge in [0.1, 0.15) is 10.8 Å². The molecule has 1 heterocycles. The molecule has 1 aliphatic heterocycles. The highest BCUT2D eigenvalue weighted by molar-refractivity contribution is 8.15. The lowest BCUT2D eigenvalue weighted by atomic mass is 10.0. The van der Waals surface area contributed by atoms with E-state index < -0.39 is 0 Å². The Labute approximate surface area is 120 Å². The van der Waals surface area contributed by atoms with Crippen molar-refractivity contribution in [2.24, 2.45) is 4.99 Å². The molecule has 0 saturated heterocycles. The van der Waals surface area contributed by atoms with E-state index >= 15 is 0 Å². The third-order valence-corrected chi connectivity index (χ3v) is 4.47. The van der Waals surface area contributed by atoms with Gasteiger partial charge in [-0.15, -0.1) is 0 Å². The summed E-state index contributed by atoms with van der Waals surface area (Å²) in [6.45, 7) is 0. The Morgan fingerprint density at radius 2 is 1.70 bits per heavy atom. The lowest BCUT2D eigenvalue weighted by Gasteiger charge is -2.02. The van der Waals surface area contributed by atoms with Crippen molar-refractivity contribution in [3.63, 3.8) is 0 Å². The van der Waals surface area contributed by atoms with Crippen LogP contribution in [0.1, 0.15) is 5.56 Å². The quantitative estimate of drug-likeness (QED) is 0.697. The van der Waals surface area contributed by atoms with E-state index in [0.717, 1.165) is 32.0 Å². The van der Waals surface area contributed by atoms with E-state index in [1.54, 1.807) is 17.8 Å². The Kier molecular flexibility index (Phi) is 2.54. The van der Waals surface area contributed by atoms with Crippen molar-refractivity contribution in [1.29, 1.82) is 0 Å². The second-order valence-corrected chi connectivity index (χ2v) is 5.70. The minimum absolute atomic E-state index is 0.326. The van der Waals surface area contributed by atoms with Crippen LogP contribution in [0.15, 0.2) is 70.6 Å². The van der Waals surface area contributed by atoms with Crippen molar-refractivity contribution in [3.05, 3.63) is 66.2 Å². The number of benzene rings is 3. The molecule has 0 radical (unpaired) electrons. The molecule has 0 saturated carbocycles. The van der Waals surface area contributed by atoms with E-state index in [1.807, 2.05) is 48.5 Å². The van der Waals surface area contributed by atoms with Crippen LogP contribution in [0, 0.1) is 0 Å². The van der Waals surface area contributed by atoms with Gasteiger partial charge >= 0.3 is 0 Å². The lowest BCUT2D eigenvalue weighted by molar-refractivity contribution is 0.481. The third kappa shape index (κ3) is 1.71. The van der Waals surface area contributed by atoms with E-state index in [9.17, 15) is 5.11 Å². The number of hydrogen-bond donors (Lipinski definition) is 1. The summed E-state index contributed by atoms with van der Waals surface area (Å²) in [6, 6.07) is 19.6. The number of phenolic OH excluding ortho intramolecular Hbond substituents is 1. The fourth-order valence-electron chi connectivity index (χ4n) is 2.48. The number of thioether (sulfide) groups is 1. The van der Waals surface area contributed by atoms with Crippen LogP contribution in [0.3, 0.4) is 0 Å². The number of para-hydroxylation sites is 1. The van der Waals surface area contributed by atoms with Crippen LogP contribution in [0.2, 0.25) is 0 Å². The average molecular weight is 277 g/mol. The summed E-state index contributed by atoms with van der Waals surface area (Å²) in [5.41, 5.74) is 2.05. The molecule has 2 nitrogen and oxygen atoms in total. The normalized spacial score (nSPS) is 15.1. The number of rotatable bonds is 1. The molecule has 20 heavy (non-hydrogen) atoms. The largest absolute Gasteiger partial charge is 0.507 e. The fraction of sp³-hybridized carbons (Fsp3) is 0. The van der Waals surface area contributed by atoms with Gasteiger partial charge in [0.25, 0.3) is 0 Å². The number of phenols is 1. The second-order valence-electron chi connectivity index (χ2n) is 4.67. The molecule has 0 atom stereocenters. The molecule has 3 aromatic carbocycles. The van der Waals surface area contributed by atoms with Crippen molar-refractivity contribution in [3.8, 4) is 5.75 Å². The van der Waals surface area contributed by atoms with Crippen LogP contribution in [-0.2, 0) is 0 Å². The first-order valence-corrected chi connectivity index (χ1v) is 7.21. The van der Waals surface area contributed by atoms with Crippen molar-refractivity contribution in [2.75, 3.05) is 0 Å². The maximum Gasteiger partial charge on any atom is 0.123 e. The minimum Gasteiger partial charge on any atom is -0.507 e. The van der Waals surface area contributed by atoms with Gasteiger partial charge in [0, 0.05) is 21.2 Å². The van der Waals surface area contributed by atoms with Gasteiger partial charge in [0.15, 0.2) is 0 Å². The van der Waals surface area contributed by atoms with E-state index in [2.05, 4.69) is 6.07 Å². The summed E-state index contributed by atoms with van der Waals surface area (Å²) in [5, 5.41) is 13.0. The molecule has 1 aliphatic rings. The van der Waals surface area contributed by atoms with Crippen LogP contribution < -0.4 is 0 Å². The van der Waals surface area contributed by atoms with Crippen LogP contribution in [0.4, 0.5) is 5.69 Å². The molecule has 3 aromatic rings. The van der Waals surface area contributed by atoms with E-state index in [1.165, 1.54) is 0 Å². The molecule has 0 amide bonds. The summed E-state index contributed by atoms with van der Waals surface area (Å²) in [7, 11) is 0. The number of hydrogen-bond acceptors (Lipinski definition) is 3. The average Bonchev–Trinajstić information content (AvgIpc) is 2.83. The number of nitrogens with zero attached hydrogens (tertiary/aromatic N) is 1. The Morgan fingerprint density at radius 3 is 2.55 bits per heavy atom. The minimum atomic E-state index is 0.326. The zero-order chi connectivity index (χ0) is 13.5. The molecule has 1 N–H and O–H groups in total. The monoisotopic (exact) mass is 277 g/mol. The first-order chi connectivity index (χ1) is 9.83. The van der Waals surface area contributed by atoms with Crippen LogP contribution in [0.5, 0.6) is 5.75 Å². The summed E-state index contributed by atoms with van der Waals surface area (Å²) >= 11 is 1.66. The third-order valence-electron chi connectivity index (χ3n) is 3.40. The van der Waals surface area contributed by atoms with Gasteiger partial charge in [-0.2, -0.15) is 0 Å². The Balaban J connectivity index is 1.95. The molecule has 0 aliphatic carbocycles. The van der Waals surface area contributed by atoms with Crippen molar-refractivity contribution < 1.29 is 5.11 Å². The van der Waals surface area contributed by atoms with E-state index in [-0.39, 0.29) is 0 Å². The molecule has 0 unspecified atom stereocenters. The summed E-state index contributed by atoms with van der Waals surface area (Å²) in [5.74, 6) is 0.326. The summed E-state index contributed by atoms with van der Waals surface area (Å²) < 4.78 is 0. The highest BCUT2D eigenvalue weighted by Crippen LogP contribution is 2.44. The fourth-order valence-corrected chi connectivity index (χ4v) is 3.59. The topological polar surface area (TPSA) is 32.6 Å². The highest BCUT2D eigenvalue weighted by Gasteiger charge is 2.22. The molecule has 3 heteroatoms. The molecule has 96 valence electrons. The van der Waals surface area contributed by atoms with Gasteiger partial charge in [-0.3, -0.25) is 0 Å². The van der Waals surface area contributed by atoms with Crippen molar-refractivity contribution in [2.45, 2.75) is 4.90 Å². The number of aliphatic imine (C=N–C) groups is 1. The zero-order valence-electron chi connectivity index (χ0n) is 10.6. The van der Waals surface area contributed by atoms with Crippen molar-refractivity contribution >= 4 is 33.3 Å². The van der Waals surface area contributed by atoms with Gasteiger partial charge < -0.3 is 5.11 Å². The Morgan fingerprint density at radius 1 is 0.850 bits per heavy atom. The SMILES string of the molecule is Oc1ccc2c3c(cccc13)SC2=Nc1ccccc1. The molecular weight excluding hydrogens is 266 g/mol. The van der Waals surface area contributed by atoms with Gasteiger partial charge in [-0.1, -0.05) is 42.1 Å². The summed E-state index contributed by atoms with van der Waals surface area (Å²) in [4.78, 5) is 5.88. The standard InChI is InChI=1S/C17H11NOS/c19-14-10-9-13-16-12(14)7-4-8-15(16)20-17(13)18-11-5-2-1-3-6-11/h1-10,19H. The smallest absolute Gasteiger partial charge is 0.123 e. The van der Waals surface area contributed by atoms with E-state index in [4.69, 9.17) is 4.99 Å². The van der Waals surface area contributed by atoms with Crippen LogP contribution in [0.25, 0.3) is 10.8 Å². The van der Waals surface area contributed by atoms with E-state index in [0.29, 0.717) is 5.75 Å². The molecule has 0 fully saturated rings. The highest BCUT2D eigenvalue weighted by atomic mass is 32.2. The van der Waals surface area contributed by atoms with Gasteiger partial charge in [0.2, 0.25) is 0 Å². The molecular formula is C17H11NOS. The zero-order valence-corrected chi connectivity index (χ0v) is 11.4. The van der Waals surface area contributed by atoms with Gasteiger partial charge in [-0.25, -0.2) is 4.99 Å². The molecule has 0 spiro atoms. The lowest BCUT2D eigenvalue weighted by Crippen LogP contribution is -1.89. The predicted molar refractivity (Wildman–Crippen MR) is 84.1 cm³/mol. The number of aromatic hydroxyl groups is 1. The summed E-state index contributed by atoms with van der Waals surface area (Å²) in [6.07, 6.45) is 0. The van der Waals surface area contributed by atoms with Crippen molar-refractivity contribution in [1.82, 2.24) is 0 Å². The van der Waals surface area contributed by atoms with Gasteiger partial charge in [-0.05, 0) is 30.3 Å². The Hall–Kier alpha value is -2.26. The first-order valence-electron chi connectivity index (χ1n) is 6.39. The van der Waals surface area contributed by atoms with Gasteiger partial charge in [0.05, 0.1) is 5.69 Å².